The van der Waals surface area contributed by atoms with Gasteiger partial charge in [0, 0.05) is 0 Å². The highest BCUT2D eigenvalue weighted by atomic mass is 16.4. The lowest BCUT2D eigenvalue weighted by Crippen LogP contribution is -2.58. The van der Waals surface area contributed by atoms with Gasteiger partial charge in [-0.3, -0.25) is 19.2 Å². The second-order valence-corrected chi connectivity index (χ2v) is 8.48. The second kappa shape index (κ2) is 13.9. The average molecular weight is 496 g/mol. The van der Waals surface area contributed by atoms with Crippen molar-refractivity contribution in [3.8, 4) is 5.75 Å². The zero-order valence-electron chi connectivity index (χ0n) is 19.6. The fourth-order valence-electron chi connectivity index (χ4n) is 3.10. The van der Waals surface area contributed by atoms with Crippen LogP contribution in [0, 0.1) is 5.92 Å². The number of nitrogens with one attached hydrogen (secondary N) is 3. The van der Waals surface area contributed by atoms with E-state index in [1.165, 1.54) is 12.1 Å². The number of aliphatic hydroxyl groups excluding tert-OH is 1. The third-order valence-electron chi connectivity index (χ3n) is 4.90. The van der Waals surface area contributed by atoms with Gasteiger partial charge in [0.15, 0.2) is 0 Å². The maximum atomic E-state index is 12.9. The molecule has 0 aromatic heterocycles. The minimum absolute atomic E-state index is 0.0589. The summed E-state index contributed by atoms with van der Waals surface area (Å²) in [5.74, 6) is -4.95. The molecule has 0 fully saturated rings. The zero-order valence-corrected chi connectivity index (χ0v) is 19.6. The van der Waals surface area contributed by atoms with Crippen LogP contribution in [0.25, 0.3) is 0 Å². The van der Waals surface area contributed by atoms with Crippen molar-refractivity contribution in [1.29, 1.82) is 0 Å². The number of amides is 4. The van der Waals surface area contributed by atoms with Crippen molar-refractivity contribution in [2.24, 2.45) is 17.4 Å². The number of phenols is 1. The summed E-state index contributed by atoms with van der Waals surface area (Å²) in [4.78, 5) is 60.5. The minimum atomic E-state index is -1.65. The van der Waals surface area contributed by atoms with E-state index in [0.717, 1.165) is 0 Å². The summed E-state index contributed by atoms with van der Waals surface area (Å²) in [6.07, 6.45) is -0.340. The standard InChI is InChI=1S/C22H33N5O8/c1-11(2)7-15(25-19(31)14(23)8-12-3-5-13(29)6-4-12)20(32)26-16(9-18(24)30)21(33)27-17(10-28)22(34)35/h3-6,11,14-17,28-29H,7-10,23H2,1-2H3,(H2,24,30)(H,25,31)(H,26,32)(H,27,33)(H,34,35). The number of rotatable bonds is 14. The van der Waals surface area contributed by atoms with Crippen LogP contribution in [0.1, 0.15) is 32.3 Å². The molecule has 4 amide bonds. The van der Waals surface area contributed by atoms with Crippen molar-refractivity contribution in [2.45, 2.75) is 57.3 Å². The third kappa shape index (κ3) is 10.4. The number of benzene rings is 1. The van der Waals surface area contributed by atoms with Crippen LogP contribution in [0.5, 0.6) is 5.75 Å². The first kappa shape index (κ1) is 29.3. The van der Waals surface area contributed by atoms with Crippen molar-refractivity contribution in [3.63, 3.8) is 0 Å². The van der Waals surface area contributed by atoms with E-state index in [1.54, 1.807) is 26.0 Å². The lowest BCUT2D eigenvalue weighted by Gasteiger charge is -2.25. The van der Waals surface area contributed by atoms with E-state index in [2.05, 4.69) is 10.6 Å². The molecule has 1 aromatic carbocycles. The Balaban J connectivity index is 2.94. The lowest BCUT2D eigenvalue weighted by atomic mass is 10.0. The Hall–Kier alpha value is -3.71. The first-order valence-corrected chi connectivity index (χ1v) is 10.9. The van der Waals surface area contributed by atoms with Gasteiger partial charge in [0.1, 0.15) is 23.9 Å². The van der Waals surface area contributed by atoms with Crippen LogP contribution >= 0.6 is 0 Å². The largest absolute Gasteiger partial charge is 0.508 e. The van der Waals surface area contributed by atoms with Gasteiger partial charge in [0.2, 0.25) is 23.6 Å². The van der Waals surface area contributed by atoms with Crippen molar-refractivity contribution in [3.05, 3.63) is 29.8 Å². The van der Waals surface area contributed by atoms with Crippen LogP contribution in [0.15, 0.2) is 24.3 Å². The highest BCUT2D eigenvalue weighted by Gasteiger charge is 2.31. The van der Waals surface area contributed by atoms with Gasteiger partial charge >= 0.3 is 5.97 Å². The molecule has 194 valence electrons. The molecule has 0 saturated carbocycles. The van der Waals surface area contributed by atoms with Crippen molar-refractivity contribution >= 4 is 29.6 Å². The minimum Gasteiger partial charge on any atom is -0.508 e. The average Bonchev–Trinajstić information content (AvgIpc) is 2.76. The van der Waals surface area contributed by atoms with Crippen molar-refractivity contribution < 1.29 is 39.3 Å². The summed E-state index contributed by atoms with van der Waals surface area (Å²) < 4.78 is 0. The molecular formula is C22H33N5O8. The summed E-state index contributed by atoms with van der Waals surface area (Å²) in [6, 6.07) is 0.770. The molecule has 0 saturated heterocycles. The molecule has 13 heteroatoms. The number of hydrogen-bond acceptors (Lipinski definition) is 8. The number of nitrogens with two attached hydrogens (primary N) is 2. The summed E-state index contributed by atoms with van der Waals surface area (Å²) in [5, 5.41) is 34.3. The first-order valence-electron chi connectivity index (χ1n) is 10.9. The Bertz CT molecular complexity index is 906. The Morgan fingerprint density at radius 1 is 0.886 bits per heavy atom. The van der Waals surface area contributed by atoms with E-state index in [4.69, 9.17) is 21.7 Å². The fraction of sp³-hybridized carbons (Fsp3) is 0.500. The predicted octanol–water partition coefficient (Wildman–Crippen LogP) is -2.29. The predicted molar refractivity (Wildman–Crippen MR) is 124 cm³/mol. The van der Waals surface area contributed by atoms with Crippen LogP contribution in [0.4, 0.5) is 0 Å². The molecule has 0 aliphatic carbocycles. The van der Waals surface area contributed by atoms with Crippen LogP contribution < -0.4 is 27.4 Å². The van der Waals surface area contributed by atoms with Gasteiger partial charge in [-0.2, -0.15) is 0 Å². The molecule has 0 aliphatic heterocycles. The summed E-state index contributed by atoms with van der Waals surface area (Å²) >= 11 is 0. The topological polar surface area (TPSA) is 234 Å². The molecule has 0 spiro atoms. The smallest absolute Gasteiger partial charge is 0.328 e. The molecule has 13 nitrogen and oxygen atoms in total. The van der Waals surface area contributed by atoms with Gasteiger partial charge in [-0.1, -0.05) is 26.0 Å². The highest BCUT2D eigenvalue weighted by molar-refractivity contribution is 5.96. The van der Waals surface area contributed by atoms with Crippen molar-refractivity contribution in [1.82, 2.24) is 16.0 Å². The van der Waals surface area contributed by atoms with Gasteiger partial charge in [0.05, 0.1) is 19.1 Å². The number of primary amides is 1. The van der Waals surface area contributed by atoms with Gasteiger partial charge in [-0.25, -0.2) is 4.79 Å². The first-order chi connectivity index (χ1) is 16.3. The molecule has 1 rings (SSSR count). The molecule has 0 bridgehead atoms. The van der Waals surface area contributed by atoms with Crippen LogP contribution in [-0.2, 0) is 30.4 Å². The van der Waals surface area contributed by atoms with Gasteiger partial charge in [-0.05, 0) is 36.5 Å². The molecule has 35 heavy (non-hydrogen) atoms. The van der Waals surface area contributed by atoms with E-state index >= 15 is 0 Å². The molecule has 0 aliphatic rings. The van der Waals surface area contributed by atoms with Gasteiger partial charge in [-0.15, -0.1) is 0 Å². The Morgan fingerprint density at radius 2 is 1.40 bits per heavy atom. The molecule has 4 unspecified atom stereocenters. The Morgan fingerprint density at radius 3 is 1.89 bits per heavy atom. The van der Waals surface area contributed by atoms with E-state index in [1.807, 2.05) is 5.32 Å². The number of carboxylic acids is 1. The van der Waals surface area contributed by atoms with Gasteiger partial charge in [0.25, 0.3) is 0 Å². The van der Waals surface area contributed by atoms with Gasteiger partial charge < -0.3 is 42.7 Å². The lowest BCUT2D eigenvalue weighted by molar-refractivity contribution is -0.143. The summed E-state index contributed by atoms with van der Waals surface area (Å²) in [6.45, 7) is 2.69. The number of carbonyl (C=O) groups excluding carboxylic acids is 4. The normalized spacial score (nSPS) is 14.3. The van der Waals surface area contributed by atoms with E-state index in [-0.39, 0.29) is 24.5 Å². The SMILES string of the molecule is CC(C)CC(NC(=O)C(N)Cc1ccc(O)cc1)C(=O)NC(CC(N)=O)C(=O)NC(CO)C(=O)O. The number of aromatic hydroxyl groups is 1. The van der Waals surface area contributed by atoms with Crippen LogP contribution in [0.3, 0.4) is 0 Å². The van der Waals surface area contributed by atoms with E-state index in [0.29, 0.717) is 5.56 Å². The number of hydrogen-bond donors (Lipinski definition) is 8. The number of phenolic OH excluding ortho intramolecular Hbond substituents is 1. The number of carboxylic acid groups (broad SMARTS) is 1. The number of aliphatic carboxylic acids is 1. The summed E-state index contributed by atoms with van der Waals surface area (Å²) in [7, 11) is 0. The molecule has 1 aromatic rings. The zero-order chi connectivity index (χ0) is 26.7. The maximum Gasteiger partial charge on any atom is 0.328 e. The number of aliphatic hydroxyl groups is 1. The van der Waals surface area contributed by atoms with Crippen molar-refractivity contribution in [2.75, 3.05) is 6.61 Å². The summed E-state index contributed by atoms with van der Waals surface area (Å²) in [5.41, 5.74) is 11.8. The van der Waals surface area contributed by atoms with Crippen LogP contribution in [0.2, 0.25) is 0 Å². The van der Waals surface area contributed by atoms with Crippen LogP contribution in [-0.4, -0.2) is 75.7 Å². The Labute approximate surface area is 202 Å². The molecule has 10 N–H and O–H groups in total. The molecule has 0 heterocycles. The van der Waals surface area contributed by atoms with E-state index in [9.17, 15) is 29.1 Å². The molecular weight excluding hydrogens is 462 g/mol. The Kier molecular flexibility index (Phi) is 11.6. The monoisotopic (exact) mass is 495 g/mol. The third-order valence-corrected chi connectivity index (χ3v) is 4.90. The fourth-order valence-corrected chi connectivity index (χ4v) is 3.10. The molecule has 0 radical (unpaired) electrons. The quantitative estimate of drug-likeness (QED) is 0.138. The van der Waals surface area contributed by atoms with E-state index < -0.39 is 66.8 Å². The number of carbonyl (C=O) groups is 5. The highest BCUT2D eigenvalue weighted by Crippen LogP contribution is 2.12. The maximum absolute atomic E-state index is 12.9. The second-order valence-electron chi connectivity index (χ2n) is 8.48. The molecule has 4 atom stereocenters.